The molecular formula is C68H13NO4. The van der Waals surface area contributed by atoms with E-state index in [0.29, 0.717) is 0 Å². The van der Waals surface area contributed by atoms with Gasteiger partial charge >= 0.3 is 11.9 Å². The fraction of sp³-hybridized carbons (Fsp3) is 0.118. The minimum absolute atomic E-state index is 0.244. The van der Waals surface area contributed by atoms with E-state index in [0.717, 1.165) is 0 Å². The van der Waals surface area contributed by atoms with Gasteiger partial charge in [0, 0.05) is 0 Å². The van der Waals surface area contributed by atoms with Crippen LogP contribution < -0.4 is 5.32 Å². The number of hydrogen-bond donors (Lipinski definition) is 1. The van der Waals surface area contributed by atoms with E-state index in [9.17, 15) is 0 Å². The summed E-state index contributed by atoms with van der Waals surface area (Å²) in [4.78, 5) is 32.1. The van der Waals surface area contributed by atoms with Gasteiger partial charge in [-0.15, -0.1) is 0 Å². The maximum atomic E-state index is 16.1. The van der Waals surface area contributed by atoms with Crippen LogP contribution in [0.4, 0.5) is 0 Å². The summed E-state index contributed by atoms with van der Waals surface area (Å²) in [6.07, 6.45) is 0. The van der Waals surface area contributed by atoms with Crippen molar-refractivity contribution in [3.05, 3.63) is 22.3 Å². The summed E-state index contributed by atoms with van der Waals surface area (Å²) in [7, 11) is 0. The van der Waals surface area contributed by atoms with Gasteiger partial charge in [0.05, 0.1) is 24.0 Å². The zero-order valence-corrected chi connectivity index (χ0v) is 37.7. The second-order valence-electron chi connectivity index (χ2n) is 25.9. The molecule has 314 valence electrons. The highest BCUT2D eigenvalue weighted by Gasteiger charge is 2.80. The molecule has 5 nitrogen and oxygen atoms in total. The first kappa shape index (κ1) is 28.4. The number of ether oxygens (including phenoxy) is 2. The molecule has 1 fully saturated rings. The fourth-order valence-electron chi connectivity index (χ4n) is 25.8. The number of rotatable bonds is 4. The summed E-state index contributed by atoms with van der Waals surface area (Å²) < 4.78 is 13.0. The summed E-state index contributed by atoms with van der Waals surface area (Å²) in [6.45, 7) is 4.44. The molecule has 1 aliphatic heterocycles. The molecule has 0 unspecified atom stereocenters. The van der Waals surface area contributed by atoms with E-state index < -0.39 is 22.9 Å². The lowest BCUT2D eigenvalue weighted by Gasteiger charge is -2.52. The van der Waals surface area contributed by atoms with Gasteiger partial charge in [0.25, 0.3) is 0 Å². The van der Waals surface area contributed by atoms with E-state index in [1.54, 1.807) is 75.4 Å². The van der Waals surface area contributed by atoms with E-state index in [4.69, 9.17) is 9.47 Å². The van der Waals surface area contributed by atoms with Crippen molar-refractivity contribution in [3.8, 4) is 0 Å². The van der Waals surface area contributed by atoms with Gasteiger partial charge in [-0.1, -0.05) is 0 Å². The van der Waals surface area contributed by atoms with Crippen LogP contribution in [0.2, 0.25) is 0 Å². The Morgan fingerprint density at radius 1 is 0.260 bits per heavy atom. The highest BCUT2D eigenvalue weighted by Crippen LogP contribution is 2.86. The standard InChI is InChI=1S/C68H13NO4/c1-3-72-65(70)63-67-59-51-43-33-23-15-7-5-6-9-13-11(7)19-27-21(13)31-25-17(9)18-10(6)14-12-8(5)16(15)24-30-20(12)28-22(14)32-26(18)36-35(25)45-39(31)49-41(27)47(37(43)29(19)23)55(59)57(49)61-53(45)54-46(36)40(32)50-42(28)48-38(30)44(34(24)33)52(51)60(67)56(48)58(50)62(54)68(61,67)64(69-63)66(71)73-4-2/h63-64,69H,3-4H2,1-2H3/t63-,64-,67?,68?/m1/s1. The minimum atomic E-state index is -0.998. The van der Waals surface area contributed by atoms with Crippen molar-refractivity contribution in [2.75, 3.05) is 13.2 Å². The first-order valence-corrected chi connectivity index (χ1v) is 27.0. The molecule has 1 saturated heterocycles. The minimum Gasteiger partial charge on any atom is -0.465 e. The van der Waals surface area contributed by atoms with Crippen molar-refractivity contribution in [2.45, 2.75) is 36.8 Å². The summed E-state index contributed by atoms with van der Waals surface area (Å²) in [6, 6.07) is -1.67. The summed E-state index contributed by atoms with van der Waals surface area (Å²) in [5.74, 6) is -0.489. The molecule has 1 N–H and O–H groups in total. The van der Waals surface area contributed by atoms with Gasteiger partial charge in [-0.05, 0) is 327 Å². The summed E-state index contributed by atoms with van der Waals surface area (Å²) in [5.41, 5.74) is 3.34. The SMILES string of the molecule is CCOC(=O)[C@H]1N[C@H](C(=O)OCC)C23c4c5c6c7c8c9c(c%10c%11c2c2c4c4c%12c5c5c6c6c8c8c%13c9c9c%10c%10c%11c%11c2c2c4c4c%12c%12c5c5c6c8c6c8c%13c9c9c%10c%10c%11c2c2c4c4c%12c5c6c5c8c9c%10c2c45)C713. The number of hydrogen-bond acceptors (Lipinski definition) is 5. The van der Waals surface area contributed by atoms with Crippen LogP contribution >= 0.6 is 0 Å². The Bertz CT molecular complexity index is 6750. The zero-order chi connectivity index (χ0) is 44.3. The van der Waals surface area contributed by atoms with Crippen molar-refractivity contribution in [3.63, 3.8) is 0 Å². The smallest absolute Gasteiger partial charge is 0.324 e. The van der Waals surface area contributed by atoms with Gasteiger partial charge in [0.1, 0.15) is 12.1 Å². The van der Waals surface area contributed by atoms with Crippen molar-refractivity contribution in [2.24, 2.45) is 0 Å². The molecule has 33 rings (SSSR count). The van der Waals surface area contributed by atoms with Gasteiger partial charge in [-0.3, -0.25) is 14.9 Å². The molecule has 5 aliphatic rings. The Morgan fingerprint density at radius 2 is 0.384 bits per heavy atom. The monoisotopic (exact) mass is 907 g/mol. The molecule has 73 heavy (non-hydrogen) atoms. The number of esters is 2. The topological polar surface area (TPSA) is 64.6 Å². The molecular weight excluding hydrogens is 895 g/mol. The maximum Gasteiger partial charge on any atom is 0.324 e. The third kappa shape index (κ3) is 1.53. The van der Waals surface area contributed by atoms with E-state index in [1.807, 2.05) is 13.8 Å². The van der Waals surface area contributed by atoms with E-state index in [-0.39, 0.29) is 25.2 Å². The van der Waals surface area contributed by atoms with Crippen LogP contribution in [0.3, 0.4) is 0 Å². The first-order valence-electron chi connectivity index (χ1n) is 27.0. The quantitative estimate of drug-likeness (QED) is 0.141. The molecule has 2 spiro atoms. The number of carbonyl (C=O) groups is 2. The Kier molecular flexibility index (Phi) is 2.54. The van der Waals surface area contributed by atoms with Crippen LogP contribution in [0.25, 0.3) is 291 Å². The first-order chi connectivity index (χ1) is 36.2. The molecule has 4 aliphatic carbocycles. The van der Waals surface area contributed by atoms with E-state index in [1.165, 1.54) is 238 Å². The Hall–Kier alpha value is -8.64. The lowest BCUT2D eigenvalue weighted by molar-refractivity contribution is -0.147. The number of carbonyl (C=O) groups excluding carboxylic acids is 2. The molecule has 0 amide bonds. The van der Waals surface area contributed by atoms with Crippen molar-refractivity contribution in [1.82, 2.24) is 5.32 Å². The van der Waals surface area contributed by atoms with Crippen molar-refractivity contribution < 1.29 is 19.1 Å². The van der Waals surface area contributed by atoms with Gasteiger partial charge in [-0.25, -0.2) is 0 Å². The average Bonchev–Trinajstić information content (AvgIpc) is 4.35. The van der Waals surface area contributed by atoms with Gasteiger partial charge in [-0.2, -0.15) is 0 Å². The van der Waals surface area contributed by atoms with Crippen LogP contribution in [0, 0.1) is 0 Å². The predicted molar refractivity (Wildman–Crippen MR) is 298 cm³/mol. The highest BCUT2D eigenvalue weighted by molar-refractivity contribution is 6.82. The van der Waals surface area contributed by atoms with Crippen LogP contribution in [0.1, 0.15) is 36.1 Å². The van der Waals surface area contributed by atoms with Gasteiger partial charge in [0.2, 0.25) is 0 Å². The Balaban J connectivity index is 1.17. The second-order valence-corrected chi connectivity index (χ2v) is 25.9. The van der Waals surface area contributed by atoms with Gasteiger partial charge in [0.15, 0.2) is 0 Å². The van der Waals surface area contributed by atoms with Crippen LogP contribution in [-0.4, -0.2) is 37.2 Å². The van der Waals surface area contributed by atoms with E-state index >= 15 is 9.59 Å². The average molecular weight is 908 g/mol. The summed E-state index contributed by atoms with van der Waals surface area (Å²) >= 11 is 0. The lowest BCUT2D eigenvalue weighted by Crippen LogP contribution is -2.59. The molecule has 0 saturated carbocycles. The zero-order valence-electron chi connectivity index (χ0n) is 37.7. The molecule has 5 heteroatoms. The Morgan fingerprint density at radius 3 is 0.507 bits per heavy atom. The molecule has 28 aromatic rings. The normalized spacial score (nSPS) is 24.0. The molecule has 0 radical (unpaired) electrons. The lowest BCUT2D eigenvalue weighted by atomic mass is 9.46. The molecule has 0 bridgehead atoms. The predicted octanol–water partition coefficient (Wildman–Crippen LogP) is 15.8. The van der Waals surface area contributed by atoms with Crippen LogP contribution in [-0.2, 0) is 29.9 Å². The molecule has 2 atom stereocenters. The maximum absolute atomic E-state index is 16.1. The second kappa shape index (κ2) is 6.52. The fourth-order valence-corrected chi connectivity index (χ4v) is 25.8. The van der Waals surface area contributed by atoms with Crippen molar-refractivity contribution >= 4 is 303 Å². The molecule has 1 heterocycles. The van der Waals surface area contributed by atoms with Crippen LogP contribution in [0.15, 0.2) is 0 Å². The summed E-state index contributed by atoms with van der Waals surface area (Å²) in [5, 5.41) is 84.9. The van der Waals surface area contributed by atoms with Crippen LogP contribution in [0.5, 0.6) is 0 Å². The Labute approximate surface area is 397 Å². The third-order valence-electron chi connectivity index (χ3n) is 25.7. The number of benzene rings is 18. The molecule has 0 aromatic heterocycles. The van der Waals surface area contributed by atoms with Gasteiger partial charge < -0.3 is 9.47 Å². The third-order valence-corrected chi connectivity index (χ3v) is 25.7. The largest absolute Gasteiger partial charge is 0.465 e. The van der Waals surface area contributed by atoms with Crippen molar-refractivity contribution in [1.29, 1.82) is 0 Å². The van der Waals surface area contributed by atoms with E-state index in [2.05, 4.69) is 5.32 Å². The highest BCUT2D eigenvalue weighted by atomic mass is 16.5. The molecule has 28 aromatic carbocycles. The number of nitrogens with one attached hydrogen (secondary N) is 1.